The highest BCUT2D eigenvalue weighted by Crippen LogP contribution is 2.22. The molecule has 0 atom stereocenters. The van der Waals surface area contributed by atoms with Crippen molar-refractivity contribution in [1.82, 2.24) is 19.7 Å². The zero-order chi connectivity index (χ0) is 12.5. The first-order chi connectivity index (χ1) is 8.77. The number of aromatic amines is 1. The Bertz CT molecular complexity index is 726. The normalized spacial score (nSPS) is 10.7. The molecule has 18 heavy (non-hydrogen) atoms. The molecule has 0 bridgehead atoms. The van der Waals surface area contributed by atoms with E-state index in [1.165, 1.54) is 6.39 Å². The standard InChI is InChI=1S/C12H10N4OS/c1-8-10(13-7-17-8)11-14-15-12(18)16(11)9-5-3-2-4-6-9/h2-7H,1H3,(H,15,18). The second-order valence-corrected chi connectivity index (χ2v) is 4.17. The molecule has 5 nitrogen and oxygen atoms in total. The lowest BCUT2D eigenvalue weighted by Gasteiger charge is -2.04. The van der Waals surface area contributed by atoms with Crippen molar-refractivity contribution < 1.29 is 4.42 Å². The van der Waals surface area contributed by atoms with Gasteiger partial charge in [0, 0.05) is 0 Å². The van der Waals surface area contributed by atoms with Crippen LogP contribution in [-0.2, 0) is 0 Å². The average Bonchev–Trinajstić information content (AvgIpc) is 2.96. The van der Waals surface area contributed by atoms with Crippen molar-refractivity contribution in [2.45, 2.75) is 6.92 Å². The number of nitrogens with zero attached hydrogens (tertiary/aromatic N) is 3. The molecule has 1 N–H and O–H groups in total. The van der Waals surface area contributed by atoms with E-state index >= 15 is 0 Å². The van der Waals surface area contributed by atoms with Crippen LogP contribution in [-0.4, -0.2) is 19.7 Å². The highest BCUT2D eigenvalue weighted by atomic mass is 32.1. The molecule has 2 heterocycles. The maximum absolute atomic E-state index is 5.26. The summed E-state index contributed by atoms with van der Waals surface area (Å²) in [5, 5.41) is 7.00. The molecule has 6 heteroatoms. The monoisotopic (exact) mass is 258 g/mol. The Balaban J connectivity index is 2.26. The van der Waals surface area contributed by atoms with Crippen molar-refractivity contribution in [2.24, 2.45) is 0 Å². The summed E-state index contributed by atoms with van der Waals surface area (Å²) in [6, 6.07) is 9.77. The Morgan fingerprint density at radius 1 is 1.28 bits per heavy atom. The molecule has 0 saturated heterocycles. The SMILES string of the molecule is Cc1ocnc1-c1n[nH]c(=S)n1-c1ccccc1. The van der Waals surface area contributed by atoms with Gasteiger partial charge < -0.3 is 4.42 Å². The fraction of sp³-hybridized carbons (Fsp3) is 0.0833. The number of hydrogen-bond acceptors (Lipinski definition) is 4. The van der Waals surface area contributed by atoms with Crippen molar-refractivity contribution >= 4 is 12.2 Å². The lowest BCUT2D eigenvalue weighted by molar-refractivity contribution is 0.527. The summed E-state index contributed by atoms with van der Waals surface area (Å²) in [5.41, 5.74) is 1.62. The van der Waals surface area contributed by atoms with E-state index in [0.29, 0.717) is 22.0 Å². The minimum absolute atomic E-state index is 0.526. The molecule has 0 unspecified atom stereocenters. The van der Waals surface area contributed by atoms with Crippen LogP contribution in [0.3, 0.4) is 0 Å². The van der Waals surface area contributed by atoms with Crippen LogP contribution in [0.5, 0.6) is 0 Å². The third kappa shape index (κ3) is 1.67. The zero-order valence-electron chi connectivity index (χ0n) is 9.62. The average molecular weight is 258 g/mol. The van der Waals surface area contributed by atoms with Gasteiger partial charge in [-0.15, -0.1) is 0 Å². The number of aromatic nitrogens is 4. The van der Waals surface area contributed by atoms with E-state index in [9.17, 15) is 0 Å². The van der Waals surface area contributed by atoms with Gasteiger partial charge in [0.1, 0.15) is 11.5 Å². The first kappa shape index (κ1) is 10.9. The van der Waals surface area contributed by atoms with Gasteiger partial charge in [-0.25, -0.2) is 4.98 Å². The number of oxazole rings is 1. The predicted molar refractivity (Wildman–Crippen MR) is 69.0 cm³/mol. The van der Waals surface area contributed by atoms with Gasteiger partial charge in [-0.1, -0.05) is 18.2 Å². The van der Waals surface area contributed by atoms with Gasteiger partial charge >= 0.3 is 0 Å². The summed E-state index contributed by atoms with van der Waals surface area (Å²) in [4.78, 5) is 4.17. The number of rotatable bonds is 2. The van der Waals surface area contributed by atoms with Crippen LogP contribution >= 0.6 is 12.2 Å². The van der Waals surface area contributed by atoms with Crippen LogP contribution in [0.15, 0.2) is 41.1 Å². The van der Waals surface area contributed by atoms with Gasteiger partial charge in [-0.2, -0.15) is 5.10 Å². The lowest BCUT2D eigenvalue weighted by Crippen LogP contribution is -1.98. The van der Waals surface area contributed by atoms with E-state index in [1.54, 1.807) is 0 Å². The Hall–Kier alpha value is -2.21. The Morgan fingerprint density at radius 2 is 2.06 bits per heavy atom. The van der Waals surface area contributed by atoms with Crippen molar-refractivity contribution in [1.29, 1.82) is 0 Å². The summed E-state index contributed by atoms with van der Waals surface area (Å²) in [6.07, 6.45) is 1.40. The summed E-state index contributed by atoms with van der Waals surface area (Å²) in [6.45, 7) is 1.84. The van der Waals surface area contributed by atoms with Crippen LogP contribution in [0, 0.1) is 11.7 Å². The third-order valence-corrected chi connectivity index (χ3v) is 2.92. The molecular formula is C12H10N4OS. The van der Waals surface area contributed by atoms with Gasteiger partial charge in [0.15, 0.2) is 17.0 Å². The van der Waals surface area contributed by atoms with Crippen LogP contribution < -0.4 is 0 Å². The van der Waals surface area contributed by atoms with E-state index in [0.717, 1.165) is 5.69 Å². The second kappa shape index (κ2) is 4.23. The number of nitrogens with one attached hydrogen (secondary N) is 1. The minimum Gasteiger partial charge on any atom is -0.448 e. The number of benzene rings is 1. The number of hydrogen-bond donors (Lipinski definition) is 1. The topological polar surface area (TPSA) is 59.6 Å². The molecule has 1 aromatic carbocycles. The van der Waals surface area contributed by atoms with Gasteiger partial charge in [0.25, 0.3) is 0 Å². The molecule has 0 radical (unpaired) electrons. The van der Waals surface area contributed by atoms with Crippen LogP contribution in [0.25, 0.3) is 17.2 Å². The van der Waals surface area contributed by atoms with Crippen molar-refractivity contribution in [3.05, 3.63) is 47.3 Å². The van der Waals surface area contributed by atoms with Gasteiger partial charge in [-0.05, 0) is 31.3 Å². The molecule has 0 fully saturated rings. The zero-order valence-corrected chi connectivity index (χ0v) is 10.4. The highest BCUT2D eigenvalue weighted by Gasteiger charge is 2.15. The molecule has 3 rings (SSSR count). The fourth-order valence-corrected chi connectivity index (χ4v) is 2.03. The summed E-state index contributed by atoms with van der Waals surface area (Å²) >= 11 is 5.26. The van der Waals surface area contributed by atoms with Gasteiger partial charge in [-0.3, -0.25) is 9.67 Å². The van der Waals surface area contributed by atoms with E-state index in [-0.39, 0.29) is 0 Å². The maximum Gasteiger partial charge on any atom is 0.200 e. The van der Waals surface area contributed by atoms with Crippen molar-refractivity contribution in [3.63, 3.8) is 0 Å². The summed E-state index contributed by atoms with van der Waals surface area (Å²) in [5.74, 6) is 1.36. The largest absolute Gasteiger partial charge is 0.448 e. The first-order valence-corrected chi connectivity index (χ1v) is 5.81. The van der Waals surface area contributed by atoms with Gasteiger partial charge in [0.2, 0.25) is 0 Å². The van der Waals surface area contributed by atoms with Crippen LogP contribution in [0.4, 0.5) is 0 Å². The molecule has 3 aromatic rings. The molecular weight excluding hydrogens is 248 g/mol. The molecule has 0 saturated carbocycles. The highest BCUT2D eigenvalue weighted by molar-refractivity contribution is 7.71. The number of para-hydroxylation sites is 1. The lowest BCUT2D eigenvalue weighted by atomic mass is 10.3. The van der Waals surface area contributed by atoms with Crippen LogP contribution in [0.2, 0.25) is 0 Å². The minimum atomic E-state index is 0.526. The molecule has 0 spiro atoms. The Labute approximate surface area is 108 Å². The molecule has 0 aliphatic carbocycles. The molecule has 90 valence electrons. The fourth-order valence-electron chi connectivity index (χ4n) is 1.79. The molecule has 2 aromatic heterocycles. The van der Waals surface area contributed by atoms with E-state index in [1.807, 2.05) is 41.8 Å². The Kier molecular flexibility index (Phi) is 2.56. The second-order valence-electron chi connectivity index (χ2n) is 3.78. The van der Waals surface area contributed by atoms with E-state index in [4.69, 9.17) is 16.6 Å². The predicted octanol–water partition coefficient (Wildman–Crippen LogP) is 2.89. The van der Waals surface area contributed by atoms with Crippen molar-refractivity contribution in [2.75, 3.05) is 0 Å². The van der Waals surface area contributed by atoms with Gasteiger partial charge in [0.05, 0.1) is 5.69 Å². The Morgan fingerprint density at radius 3 is 2.72 bits per heavy atom. The summed E-state index contributed by atoms with van der Waals surface area (Å²) < 4.78 is 7.57. The number of aryl methyl sites for hydroxylation is 1. The molecule has 0 amide bonds. The maximum atomic E-state index is 5.26. The first-order valence-electron chi connectivity index (χ1n) is 5.40. The van der Waals surface area contributed by atoms with Crippen molar-refractivity contribution in [3.8, 4) is 17.2 Å². The third-order valence-electron chi connectivity index (χ3n) is 2.64. The van der Waals surface area contributed by atoms with Crippen LogP contribution in [0.1, 0.15) is 5.76 Å². The van der Waals surface area contributed by atoms with E-state index < -0.39 is 0 Å². The molecule has 0 aliphatic heterocycles. The van der Waals surface area contributed by atoms with E-state index in [2.05, 4.69) is 15.2 Å². The number of H-pyrrole nitrogens is 1. The quantitative estimate of drug-likeness (QED) is 0.718. The molecule has 0 aliphatic rings. The summed E-state index contributed by atoms with van der Waals surface area (Å²) in [7, 11) is 0. The smallest absolute Gasteiger partial charge is 0.200 e.